The van der Waals surface area contributed by atoms with Crippen molar-refractivity contribution in [1.82, 2.24) is 44.5 Å². The number of hydrogen-bond donors (Lipinski definition) is 3. The number of nitrogens with two attached hydrogens (primary N) is 1. The van der Waals surface area contributed by atoms with Crippen molar-refractivity contribution < 1.29 is 18.3 Å². The number of rotatable bonds is 10. The minimum absolute atomic E-state index is 0.00426. The van der Waals surface area contributed by atoms with E-state index in [2.05, 4.69) is 35.3 Å². The number of likely N-dealkylation sites (tertiary alicyclic amines) is 1. The summed E-state index contributed by atoms with van der Waals surface area (Å²) in [5.41, 5.74) is 6.90. The molecule has 44 heavy (non-hydrogen) atoms. The van der Waals surface area contributed by atoms with Crippen molar-refractivity contribution in [3.8, 4) is 22.6 Å². The summed E-state index contributed by atoms with van der Waals surface area (Å²) >= 11 is 0. The van der Waals surface area contributed by atoms with Gasteiger partial charge in [-0.15, -0.1) is 0 Å². The summed E-state index contributed by atoms with van der Waals surface area (Å²) in [7, 11) is 0. The van der Waals surface area contributed by atoms with E-state index in [1.54, 1.807) is 30.7 Å². The van der Waals surface area contributed by atoms with Crippen molar-refractivity contribution in [2.45, 2.75) is 37.7 Å². The molecule has 0 radical (unpaired) electrons. The fourth-order valence-corrected chi connectivity index (χ4v) is 5.66. The number of nitrogens with one attached hydrogen (secondary N) is 1. The predicted molar refractivity (Wildman–Crippen MR) is 156 cm³/mol. The summed E-state index contributed by atoms with van der Waals surface area (Å²) in [6.45, 7) is 1.79. The standard InChI is InChI=1S/C30H31F3N10O/c31-21-3-1-20(2-4-21)27-28(26-7-10-36-29(34)40-26)42(19-38-27)18-37-23-8-11-41(12-9-23)14-30(44,15-43-17-35-16-39-43)24-6-5-22(32)13-25(24)33/h1-7,10,13,16-17,19,23,37,44H,8-9,11-12,14-15,18H2,(H2,34,36,40). The highest BCUT2D eigenvalue weighted by Gasteiger charge is 2.36. The zero-order valence-corrected chi connectivity index (χ0v) is 23.7. The molecule has 0 bridgehead atoms. The van der Waals surface area contributed by atoms with Gasteiger partial charge >= 0.3 is 0 Å². The van der Waals surface area contributed by atoms with E-state index in [0.29, 0.717) is 31.1 Å². The first-order valence-corrected chi connectivity index (χ1v) is 14.1. The number of β-amino-alcohol motifs (C(OH)–C–C–N with tert-alkyl or cyclic N) is 1. The Morgan fingerprint density at radius 3 is 2.43 bits per heavy atom. The molecule has 4 N–H and O–H groups in total. The van der Waals surface area contributed by atoms with Gasteiger partial charge in [-0.25, -0.2) is 37.8 Å². The highest BCUT2D eigenvalue weighted by Crippen LogP contribution is 2.31. The molecular formula is C30H31F3N10O. The molecule has 4 heterocycles. The molecule has 0 amide bonds. The summed E-state index contributed by atoms with van der Waals surface area (Å²) in [5.74, 6) is -1.74. The van der Waals surface area contributed by atoms with E-state index in [-0.39, 0.29) is 36.5 Å². The number of hydrogen-bond acceptors (Lipinski definition) is 9. The topological polar surface area (TPSA) is 136 Å². The van der Waals surface area contributed by atoms with Crippen molar-refractivity contribution in [2.24, 2.45) is 0 Å². The van der Waals surface area contributed by atoms with Gasteiger partial charge in [0.1, 0.15) is 35.7 Å². The Bertz CT molecular complexity index is 1700. The molecule has 0 spiro atoms. The van der Waals surface area contributed by atoms with Crippen molar-refractivity contribution in [1.29, 1.82) is 0 Å². The number of piperidine rings is 1. The number of benzene rings is 2. The molecule has 6 rings (SSSR count). The fourth-order valence-electron chi connectivity index (χ4n) is 5.66. The largest absolute Gasteiger partial charge is 0.382 e. The summed E-state index contributed by atoms with van der Waals surface area (Å²) in [6.07, 6.45) is 7.60. The lowest BCUT2D eigenvalue weighted by Crippen LogP contribution is -2.49. The zero-order chi connectivity index (χ0) is 30.7. The fraction of sp³-hybridized carbons (Fsp3) is 0.300. The Labute approximate surface area is 251 Å². The Hall–Kier alpha value is -4.66. The molecule has 2 aromatic carbocycles. The Morgan fingerprint density at radius 2 is 1.73 bits per heavy atom. The maximum atomic E-state index is 14.8. The number of imidazole rings is 1. The van der Waals surface area contributed by atoms with Crippen LogP contribution in [-0.4, -0.2) is 70.0 Å². The van der Waals surface area contributed by atoms with E-state index in [1.807, 2.05) is 4.57 Å². The normalized spacial score (nSPS) is 15.8. The third-order valence-corrected chi connectivity index (χ3v) is 7.82. The molecule has 1 unspecified atom stereocenters. The molecule has 11 nitrogen and oxygen atoms in total. The molecule has 1 aliphatic heterocycles. The van der Waals surface area contributed by atoms with Crippen LogP contribution in [0.5, 0.6) is 0 Å². The van der Waals surface area contributed by atoms with Gasteiger partial charge in [0.2, 0.25) is 5.95 Å². The Balaban J connectivity index is 1.14. The van der Waals surface area contributed by atoms with Gasteiger partial charge in [0, 0.05) is 36.0 Å². The van der Waals surface area contributed by atoms with Crippen molar-refractivity contribution in [2.75, 3.05) is 25.4 Å². The quantitative estimate of drug-likeness (QED) is 0.220. The van der Waals surface area contributed by atoms with Gasteiger partial charge in [0.05, 0.1) is 36.6 Å². The Kier molecular flexibility index (Phi) is 8.37. The minimum Gasteiger partial charge on any atom is -0.382 e. The summed E-state index contributed by atoms with van der Waals surface area (Å²) in [4.78, 5) is 19.0. The van der Waals surface area contributed by atoms with E-state index in [1.165, 1.54) is 35.5 Å². The van der Waals surface area contributed by atoms with E-state index in [0.717, 1.165) is 36.2 Å². The smallest absolute Gasteiger partial charge is 0.220 e. The van der Waals surface area contributed by atoms with Gasteiger partial charge in [-0.2, -0.15) is 5.10 Å². The minimum atomic E-state index is -1.66. The molecule has 1 atom stereocenters. The van der Waals surface area contributed by atoms with E-state index in [4.69, 9.17) is 5.73 Å². The number of nitrogens with zero attached hydrogens (tertiary/aromatic N) is 8. The second-order valence-corrected chi connectivity index (χ2v) is 10.9. The van der Waals surface area contributed by atoms with Gasteiger partial charge < -0.3 is 15.4 Å². The molecule has 14 heteroatoms. The lowest BCUT2D eigenvalue weighted by Gasteiger charge is -2.38. The monoisotopic (exact) mass is 604 g/mol. The van der Waals surface area contributed by atoms with Crippen LogP contribution in [0.25, 0.3) is 22.6 Å². The maximum absolute atomic E-state index is 14.8. The summed E-state index contributed by atoms with van der Waals surface area (Å²) in [5, 5.41) is 19.4. The molecular weight excluding hydrogens is 573 g/mol. The van der Waals surface area contributed by atoms with Gasteiger partial charge in [0.15, 0.2) is 0 Å². The van der Waals surface area contributed by atoms with Crippen LogP contribution in [0.3, 0.4) is 0 Å². The zero-order valence-electron chi connectivity index (χ0n) is 23.7. The molecule has 1 aliphatic rings. The van der Waals surface area contributed by atoms with Crippen LogP contribution in [0, 0.1) is 17.5 Å². The average Bonchev–Trinajstić information content (AvgIpc) is 3.67. The second kappa shape index (κ2) is 12.5. The Morgan fingerprint density at radius 1 is 0.955 bits per heavy atom. The lowest BCUT2D eigenvalue weighted by atomic mass is 9.91. The van der Waals surface area contributed by atoms with Gasteiger partial charge in [-0.3, -0.25) is 10.2 Å². The van der Waals surface area contributed by atoms with E-state index in [9.17, 15) is 18.3 Å². The molecule has 1 saturated heterocycles. The van der Waals surface area contributed by atoms with Crippen LogP contribution in [0.4, 0.5) is 19.1 Å². The third kappa shape index (κ3) is 6.46. The molecule has 0 saturated carbocycles. The van der Waals surface area contributed by atoms with E-state index >= 15 is 0 Å². The van der Waals surface area contributed by atoms with Crippen LogP contribution in [0.1, 0.15) is 18.4 Å². The number of aromatic nitrogens is 7. The van der Waals surface area contributed by atoms with Gasteiger partial charge in [-0.1, -0.05) is 6.07 Å². The third-order valence-electron chi connectivity index (χ3n) is 7.82. The number of nitrogen functional groups attached to an aromatic ring is 1. The maximum Gasteiger partial charge on any atom is 0.220 e. The van der Waals surface area contributed by atoms with Crippen molar-refractivity contribution in [3.05, 3.63) is 96.7 Å². The van der Waals surface area contributed by atoms with Crippen LogP contribution in [0.2, 0.25) is 0 Å². The number of halogens is 3. The first-order valence-electron chi connectivity index (χ1n) is 14.1. The predicted octanol–water partition coefficient (Wildman–Crippen LogP) is 3.20. The van der Waals surface area contributed by atoms with Crippen molar-refractivity contribution in [3.63, 3.8) is 0 Å². The van der Waals surface area contributed by atoms with Gasteiger partial charge in [0.25, 0.3) is 0 Å². The summed E-state index contributed by atoms with van der Waals surface area (Å²) < 4.78 is 45.5. The van der Waals surface area contributed by atoms with Crippen LogP contribution in [0.15, 0.2) is 73.7 Å². The van der Waals surface area contributed by atoms with Crippen molar-refractivity contribution >= 4 is 5.95 Å². The molecule has 3 aromatic heterocycles. The van der Waals surface area contributed by atoms with Crippen LogP contribution in [-0.2, 0) is 18.8 Å². The second-order valence-electron chi connectivity index (χ2n) is 10.9. The van der Waals surface area contributed by atoms with Gasteiger partial charge in [-0.05, 0) is 62.3 Å². The molecule has 228 valence electrons. The van der Waals surface area contributed by atoms with Crippen LogP contribution < -0.4 is 11.1 Å². The average molecular weight is 605 g/mol. The molecule has 0 aliphatic carbocycles. The molecule has 1 fully saturated rings. The number of anilines is 1. The van der Waals surface area contributed by atoms with E-state index < -0.39 is 17.2 Å². The first kappa shape index (κ1) is 29.4. The summed E-state index contributed by atoms with van der Waals surface area (Å²) in [6, 6.07) is 11.2. The highest BCUT2D eigenvalue weighted by atomic mass is 19.1. The SMILES string of the molecule is Nc1nccc(-c2c(-c3ccc(F)cc3)ncn2CNC2CCN(CC(O)(Cn3cncn3)c3ccc(F)cc3F)CC2)n1. The van der Waals surface area contributed by atoms with Crippen LogP contribution >= 0.6 is 0 Å². The number of aliphatic hydroxyl groups is 1. The lowest BCUT2D eigenvalue weighted by molar-refractivity contribution is -0.0274. The highest BCUT2D eigenvalue weighted by molar-refractivity contribution is 5.77. The first-order chi connectivity index (χ1) is 21.3. The molecule has 5 aromatic rings.